The van der Waals surface area contributed by atoms with Gasteiger partial charge in [-0.05, 0) is 25.0 Å². The van der Waals surface area contributed by atoms with Crippen LogP contribution >= 0.6 is 0 Å². The van der Waals surface area contributed by atoms with Gasteiger partial charge in [0.25, 0.3) is 5.91 Å². The van der Waals surface area contributed by atoms with E-state index in [1.165, 1.54) is 6.07 Å². The summed E-state index contributed by atoms with van der Waals surface area (Å²) >= 11 is 0. The number of carbonyl (C=O) groups is 1. The van der Waals surface area contributed by atoms with Crippen molar-refractivity contribution in [3.05, 3.63) is 35.1 Å². The van der Waals surface area contributed by atoms with Gasteiger partial charge < -0.3 is 10.6 Å². The normalized spacial score (nSPS) is 24.1. The Morgan fingerprint density at radius 1 is 1.47 bits per heavy atom. The Kier molecular flexibility index (Phi) is 3.15. The lowest BCUT2D eigenvalue weighted by Gasteiger charge is -2.16. The van der Waals surface area contributed by atoms with Gasteiger partial charge >= 0.3 is 0 Å². The highest BCUT2D eigenvalue weighted by Gasteiger charge is 2.31. The van der Waals surface area contributed by atoms with E-state index < -0.39 is 5.82 Å². The summed E-state index contributed by atoms with van der Waals surface area (Å²) in [6.07, 6.45) is 0. The molecule has 17 heavy (non-hydrogen) atoms. The van der Waals surface area contributed by atoms with Gasteiger partial charge in [0.1, 0.15) is 5.82 Å². The molecular weight excluding hydrogens is 219 g/mol. The third kappa shape index (κ3) is 2.31. The van der Waals surface area contributed by atoms with Crippen molar-refractivity contribution < 1.29 is 9.18 Å². The minimum Gasteiger partial charge on any atom is -0.337 e. The highest BCUT2D eigenvalue weighted by Crippen LogP contribution is 2.19. The van der Waals surface area contributed by atoms with Crippen LogP contribution in [0.5, 0.6) is 0 Å². The van der Waals surface area contributed by atoms with Crippen LogP contribution in [0.15, 0.2) is 18.2 Å². The third-order valence-electron chi connectivity index (χ3n) is 3.31. The van der Waals surface area contributed by atoms with E-state index in [0.29, 0.717) is 13.1 Å². The average molecular weight is 236 g/mol. The molecule has 0 radical (unpaired) electrons. The van der Waals surface area contributed by atoms with E-state index >= 15 is 0 Å². The molecule has 1 aliphatic heterocycles. The summed E-state index contributed by atoms with van der Waals surface area (Å²) in [5.74, 6) is -0.452. The molecule has 4 heteroatoms. The van der Waals surface area contributed by atoms with Gasteiger partial charge in [-0.15, -0.1) is 0 Å². The number of nitrogens with zero attached hydrogens (tertiary/aromatic N) is 1. The second-order valence-corrected chi connectivity index (χ2v) is 4.83. The molecule has 2 N–H and O–H groups in total. The Balaban J connectivity index is 2.23. The fraction of sp³-hybridized carbons (Fsp3) is 0.462. The molecule has 0 saturated carbocycles. The van der Waals surface area contributed by atoms with Crippen molar-refractivity contribution in [2.75, 3.05) is 13.1 Å². The zero-order valence-electron chi connectivity index (χ0n) is 10.1. The standard InChI is InChI=1S/C13H17FN2O/c1-8-3-4-11(14)10(5-8)13(17)16-6-9(2)12(15)7-16/h3-5,9,12H,6-7,15H2,1-2H3. The van der Waals surface area contributed by atoms with Gasteiger partial charge in [0.15, 0.2) is 0 Å². The second kappa shape index (κ2) is 4.45. The summed E-state index contributed by atoms with van der Waals surface area (Å²) in [5, 5.41) is 0. The first-order chi connectivity index (χ1) is 7.99. The summed E-state index contributed by atoms with van der Waals surface area (Å²) < 4.78 is 13.6. The highest BCUT2D eigenvalue weighted by atomic mass is 19.1. The van der Waals surface area contributed by atoms with Crippen molar-refractivity contribution in [2.24, 2.45) is 11.7 Å². The predicted molar refractivity (Wildman–Crippen MR) is 64.2 cm³/mol. The van der Waals surface area contributed by atoms with Gasteiger partial charge in [0.05, 0.1) is 5.56 Å². The van der Waals surface area contributed by atoms with Crippen LogP contribution < -0.4 is 5.73 Å². The van der Waals surface area contributed by atoms with Crippen LogP contribution in [0.3, 0.4) is 0 Å². The summed E-state index contributed by atoms with van der Waals surface area (Å²) in [6, 6.07) is 4.57. The van der Waals surface area contributed by atoms with Crippen molar-refractivity contribution in [1.82, 2.24) is 4.90 Å². The van der Waals surface area contributed by atoms with E-state index in [1.54, 1.807) is 17.0 Å². The molecule has 1 aromatic rings. The maximum atomic E-state index is 13.6. The molecule has 2 unspecified atom stereocenters. The number of amides is 1. The molecule has 92 valence electrons. The predicted octanol–water partition coefficient (Wildman–Crippen LogP) is 1.55. The highest BCUT2D eigenvalue weighted by molar-refractivity contribution is 5.94. The molecule has 3 nitrogen and oxygen atoms in total. The van der Waals surface area contributed by atoms with Crippen LogP contribution in [0.1, 0.15) is 22.8 Å². The van der Waals surface area contributed by atoms with Crippen LogP contribution in [-0.4, -0.2) is 29.9 Å². The molecule has 1 fully saturated rings. The van der Waals surface area contributed by atoms with Gasteiger partial charge in [-0.2, -0.15) is 0 Å². The maximum absolute atomic E-state index is 13.6. The molecule has 1 heterocycles. The number of rotatable bonds is 1. The first-order valence-electron chi connectivity index (χ1n) is 5.80. The minimum absolute atomic E-state index is 0.00757. The lowest BCUT2D eigenvalue weighted by molar-refractivity contribution is 0.0782. The Morgan fingerprint density at radius 2 is 2.18 bits per heavy atom. The molecule has 2 atom stereocenters. The molecular formula is C13H17FN2O. The van der Waals surface area contributed by atoms with Crippen LogP contribution in [0.2, 0.25) is 0 Å². The number of aryl methyl sites for hydroxylation is 1. The molecule has 0 aliphatic carbocycles. The summed E-state index contributed by atoms with van der Waals surface area (Å²) in [5.41, 5.74) is 6.89. The van der Waals surface area contributed by atoms with E-state index in [9.17, 15) is 9.18 Å². The molecule has 1 aromatic carbocycles. The molecule has 2 rings (SSSR count). The van der Waals surface area contributed by atoms with Crippen LogP contribution in [0.25, 0.3) is 0 Å². The lowest BCUT2D eigenvalue weighted by Crippen LogP contribution is -2.32. The van der Waals surface area contributed by atoms with Gasteiger partial charge in [0.2, 0.25) is 0 Å². The first kappa shape index (κ1) is 12.0. The van der Waals surface area contributed by atoms with Gasteiger partial charge in [-0.3, -0.25) is 4.79 Å². The number of carbonyl (C=O) groups excluding carboxylic acids is 1. The van der Waals surface area contributed by atoms with Crippen molar-refractivity contribution in [3.8, 4) is 0 Å². The molecule has 0 aromatic heterocycles. The zero-order valence-corrected chi connectivity index (χ0v) is 10.1. The number of hydrogen-bond acceptors (Lipinski definition) is 2. The minimum atomic E-state index is -0.464. The average Bonchev–Trinajstić information content (AvgIpc) is 2.62. The topological polar surface area (TPSA) is 46.3 Å². The number of nitrogens with two attached hydrogens (primary N) is 1. The molecule has 1 amide bonds. The first-order valence-corrected chi connectivity index (χ1v) is 5.80. The van der Waals surface area contributed by atoms with E-state index in [-0.39, 0.29) is 23.4 Å². The maximum Gasteiger partial charge on any atom is 0.256 e. The SMILES string of the molecule is Cc1ccc(F)c(C(=O)N2CC(C)C(N)C2)c1. The largest absolute Gasteiger partial charge is 0.337 e. The Labute approximate surface area is 100 Å². The molecule has 1 saturated heterocycles. The van der Waals surface area contributed by atoms with Gasteiger partial charge in [-0.1, -0.05) is 18.6 Å². The van der Waals surface area contributed by atoms with E-state index in [2.05, 4.69) is 0 Å². The number of likely N-dealkylation sites (tertiary alicyclic amines) is 1. The fourth-order valence-electron chi connectivity index (χ4n) is 2.13. The zero-order chi connectivity index (χ0) is 12.6. The number of halogens is 1. The Bertz CT molecular complexity index is 437. The summed E-state index contributed by atoms with van der Waals surface area (Å²) in [6.45, 7) is 4.96. The van der Waals surface area contributed by atoms with Gasteiger partial charge in [0, 0.05) is 19.1 Å². The van der Waals surface area contributed by atoms with E-state index in [1.807, 2.05) is 13.8 Å². The summed E-state index contributed by atoms with van der Waals surface area (Å²) in [4.78, 5) is 13.8. The Hall–Kier alpha value is -1.42. The lowest BCUT2D eigenvalue weighted by atomic mass is 10.1. The van der Waals surface area contributed by atoms with Crippen molar-refractivity contribution in [3.63, 3.8) is 0 Å². The fourth-order valence-corrected chi connectivity index (χ4v) is 2.13. The van der Waals surface area contributed by atoms with Crippen LogP contribution in [0.4, 0.5) is 4.39 Å². The number of benzene rings is 1. The van der Waals surface area contributed by atoms with Crippen molar-refractivity contribution >= 4 is 5.91 Å². The van der Waals surface area contributed by atoms with Crippen molar-refractivity contribution in [1.29, 1.82) is 0 Å². The quantitative estimate of drug-likeness (QED) is 0.804. The Morgan fingerprint density at radius 3 is 2.76 bits per heavy atom. The van der Waals surface area contributed by atoms with Crippen LogP contribution in [-0.2, 0) is 0 Å². The summed E-state index contributed by atoms with van der Waals surface area (Å²) in [7, 11) is 0. The van der Waals surface area contributed by atoms with E-state index in [0.717, 1.165) is 5.56 Å². The number of hydrogen-bond donors (Lipinski definition) is 1. The smallest absolute Gasteiger partial charge is 0.256 e. The third-order valence-corrected chi connectivity index (χ3v) is 3.31. The van der Waals surface area contributed by atoms with E-state index in [4.69, 9.17) is 5.73 Å². The van der Waals surface area contributed by atoms with Crippen molar-refractivity contribution in [2.45, 2.75) is 19.9 Å². The molecule has 1 aliphatic rings. The van der Waals surface area contributed by atoms with Crippen LogP contribution in [0, 0.1) is 18.7 Å². The van der Waals surface area contributed by atoms with Gasteiger partial charge in [-0.25, -0.2) is 4.39 Å². The second-order valence-electron chi connectivity index (χ2n) is 4.83. The molecule has 0 spiro atoms. The molecule has 0 bridgehead atoms. The monoisotopic (exact) mass is 236 g/mol.